The first-order valence-electron chi connectivity index (χ1n) is 8.52. The van der Waals surface area contributed by atoms with Gasteiger partial charge in [0, 0.05) is 28.5 Å². The molecule has 12 heteroatoms. The lowest BCUT2D eigenvalue weighted by Crippen LogP contribution is -2.25. The zero-order valence-corrected chi connectivity index (χ0v) is 16.9. The van der Waals surface area contributed by atoms with E-state index in [2.05, 4.69) is 30.2 Å². The molecule has 3 aromatic rings. The van der Waals surface area contributed by atoms with E-state index in [1.54, 1.807) is 6.07 Å². The quantitative estimate of drug-likeness (QED) is 0.417. The lowest BCUT2D eigenvalue weighted by molar-refractivity contribution is 0.301. The molecule has 1 fully saturated rings. The summed E-state index contributed by atoms with van der Waals surface area (Å²) in [6.45, 7) is -0.323. The minimum Gasteiger partial charge on any atom is -0.395 e. The van der Waals surface area contributed by atoms with Crippen molar-refractivity contribution < 1.29 is 17.8 Å². The summed E-state index contributed by atoms with van der Waals surface area (Å²) < 4.78 is 26.7. The minimum atomic E-state index is -3.68. The first kappa shape index (κ1) is 19.3. The fourth-order valence-corrected chi connectivity index (χ4v) is 4.99. The summed E-state index contributed by atoms with van der Waals surface area (Å²) in [5.74, 6) is 1.89. The Labute approximate surface area is 174 Å². The van der Waals surface area contributed by atoms with E-state index in [0.29, 0.717) is 33.3 Å². The Morgan fingerprint density at radius 1 is 1.39 bits per heavy atom. The smallest absolute Gasteiger partial charge is 0.250 e. The second kappa shape index (κ2) is 7.76. The Kier molecular flexibility index (Phi) is 5.34. The molecule has 0 saturated heterocycles. The maximum Gasteiger partial charge on any atom is 0.250 e. The van der Waals surface area contributed by atoms with Gasteiger partial charge in [0.25, 0.3) is 0 Å². The number of hydrogen-bond acceptors (Lipinski definition) is 8. The van der Waals surface area contributed by atoms with Crippen molar-refractivity contribution in [2.24, 2.45) is 0 Å². The average molecular weight is 447 g/mol. The molecule has 4 N–H and O–H groups in total. The zero-order chi connectivity index (χ0) is 19.7. The van der Waals surface area contributed by atoms with Gasteiger partial charge in [-0.15, -0.1) is 11.3 Å². The largest absolute Gasteiger partial charge is 0.395 e. The lowest BCUT2D eigenvalue weighted by Gasteiger charge is -2.05. The van der Waals surface area contributed by atoms with Crippen LogP contribution in [0, 0.1) is 0 Å². The molecule has 3 aromatic heterocycles. The van der Waals surface area contributed by atoms with Gasteiger partial charge in [-0.1, -0.05) is 11.6 Å². The molecule has 28 heavy (non-hydrogen) atoms. The summed E-state index contributed by atoms with van der Waals surface area (Å²) in [4.78, 5) is 9.18. The molecule has 0 aliphatic heterocycles. The number of hydrogen-bond donors (Lipinski definition) is 4. The third-order valence-corrected chi connectivity index (χ3v) is 7.39. The predicted octanol–water partition coefficient (Wildman–Crippen LogP) is 3.21. The summed E-state index contributed by atoms with van der Waals surface area (Å²) in [5.41, 5.74) is 1.08. The van der Waals surface area contributed by atoms with Crippen LogP contribution in [-0.4, -0.2) is 46.8 Å². The molecule has 154 valence electrons. The molecule has 0 unspecified atom stereocenters. The van der Waals surface area contributed by atoms with E-state index in [4.69, 9.17) is 16.7 Å². The number of rotatable bonds is 8. The lowest BCUT2D eigenvalue weighted by atomic mass is 10.3. The number of aromatic nitrogens is 4. The van der Waals surface area contributed by atoms with Gasteiger partial charge in [0.2, 0.25) is 10.0 Å². The summed E-state index contributed by atoms with van der Waals surface area (Å²) in [7, 11) is -3.68. The van der Waals surface area contributed by atoms with Crippen LogP contribution < -0.4 is 10.0 Å². The Balaban J connectivity index is 0.00000160. The molecule has 1 saturated carbocycles. The second-order valence-corrected chi connectivity index (χ2v) is 9.72. The van der Waals surface area contributed by atoms with Crippen molar-refractivity contribution in [2.75, 3.05) is 18.5 Å². The number of nitrogens with one attached hydrogen (secondary N) is 3. The van der Waals surface area contributed by atoms with E-state index in [1.807, 2.05) is 6.07 Å². The topological polar surface area (TPSA) is 133 Å². The molecule has 1 aliphatic rings. The Bertz CT molecular complexity index is 1110. The Hall–Kier alpha value is -2.05. The number of nitrogens with zero attached hydrogens (tertiary/aromatic N) is 3. The molecule has 0 spiro atoms. The SMILES string of the molecule is O=S(=O)(NCCO)c1ccc(-c2ncc(Cl)c(Nc3cc(C4CC4)[nH]n3)n2)s1.[HH].[HH].[HH]. The highest BCUT2D eigenvalue weighted by molar-refractivity contribution is 7.91. The van der Waals surface area contributed by atoms with Crippen molar-refractivity contribution in [3.63, 3.8) is 0 Å². The molecule has 3 heterocycles. The van der Waals surface area contributed by atoms with Gasteiger partial charge in [0.15, 0.2) is 17.5 Å². The molecular weight excluding hydrogens is 424 g/mol. The first-order chi connectivity index (χ1) is 13.5. The number of thiophene rings is 1. The van der Waals surface area contributed by atoms with E-state index in [0.717, 1.165) is 29.9 Å². The highest BCUT2D eigenvalue weighted by Crippen LogP contribution is 2.40. The fraction of sp³-hybridized carbons (Fsp3) is 0.312. The Morgan fingerprint density at radius 3 is 2.96 bits per heavy atom. The molecule has 0 radical (unpaired) electrons. The van der Waals surface area contributed by atoms with E-state index >= 15 is 0 Å². The average Bonchev–Trinajstić information content (AvgIpc) is 3.21. The van der Waals surface area contributed by atoms with E-state index < -0.39 is 10.0 Å². The third-order valence-electron chi connectivity index (χ3n) is 4.08. The van der Waals surface area contributed by atoms with Crippen LogP contribution in [0.3, 0.4) is 0 Å². The minimum absolute atomic E-state index is 0. The number of aromatic amines is 1. The molecule has 4 rings (SSSR count). The van der Waals surface area contributed by atoms with Crippen molar-refractivity contribution in [3.8, 4) is 10.7 Å². The number of anilines is 2. The van der Waals surface area contributed by atoms with Gasteiger partial charge in [0.1, 0.15) is 9.23 Å². The van der Waals surface area contributed by atoms with E-state index in [9.17, 15) is 8.42 Å². The summed E-state index contributed by atoms with van der Waals surface area (Å²) in [6.07, 6.45) is 3.78. The molecule has 0 aromatic carbocycles. The van der Waals surface area contributed by atoms with Crippen LogP contribution in [0.5, 0.6) is 0 Å². The third kappa shape index (κ3) is 4.18. The monoisotopic (exact) mass is 446 g/mol. The zero-order valence-electron chi connectivity index (χ0n) is 14.5. The summed E-state index contributed by atoms with van der Waals surface area (Å²) >= 11 is 7.23. The van der Waals surface area contributed by atoms with Gasteiger partial charge >= 0.3 is 0 Å². The predicted molar refractivity (Wildman–Crippen MR) is 113 cm³/mol. The van der Waals surface area contributed by atoms with Gasteiger partial charge in [-0.2, -0.15) is 5.10 Å². The van der Waals surface area contributed by atoms with Crippen LogP contribution in [0.15, 0.2) is 28.6 Å². The van der Waals surface area contributed by atoms with Gasteiger partial charge in [-0.25, -0.2) is 23.1 Å². The molecule has 0 bridgehead atoms. The van der Waals surface area contributed by atoms with Gasteiger partial charge in [-0.05, 0) is 25.0 Å². The van der Waals surface area contributed by atoms with Crippen LogP contribution >= 0.6 is 22.9 Å². The van der Waals surface area contributed by atoms with E-state index in [1.165, 1.54) is 12.3 Å². The van der Waals surface area contributed by atoms with E-state index in [-0.39, 0.29) is 21.6 Å². The number of aliphatic hydroxyl groups is 1. The number of sulfonamides is 1. The Morgan fingerprint density at radius 2 is 2.21 bits per heavy atom. The number of aliphatic hydroxyl groups excluding tert-OH is 1. The van der Waals surface area contributed by atoms with Gasteiger partial charge in [0.05, 0.1) is 17.7 Å². The molecule has 1 aliphatic carbocycles. The first-order valence-corrected chi connectivity index (χ1v) is 11.2. The van der Waals surface area contributed by atoms with Crippen molar-refractivity contribution in [2.45, 2.75) is 23.0 Å². The maximum absolute atomic E-state index is 12.2. The van der Waals surface area contributed by atoms with Crippen LogP contribution in [0.1, 0.15) is 28.7 Å². The highest BCUT2D eigenvalue weighted by atomic mass is 35.5. The molecule has 9 nitrogen and oxygen atoms in total. The van der Waals surface area contributed by atoms with Crippen molar-refractivity contribution in [1.29, 1.82) is 0 Å². The van der Waals surface area contributed by atoms with Crippen molar-refractivity contribution in [1.82, 2.24) is 24.9 Å². The molecule has 0 atom stereocenters. The molecular formula is C16H23ClN6O3S2. The molecule has 0 amide bonds. The second-order valence-electron chi connectivity index (χ2n) is 6.24. The maximum atomic E-state index is 12.2. The van der Waals surface area contributed by atoms with Crippen LogP contribution in [0.2, 0.25) is 5.02 Å². The van der Waals surface area contributed by atoms with Crippen molar-refractivity contribution >= 4 is 44.6 Å². The number of H-pyrrole nitrogens is 1. The van der Waals surface area contributed by atoms with Crippen molar-refractivity contribution in [3.05, 3.63) is 35.1 Å². The summed E-state index contributed by atoms with van der Waals surface area (Å²) in [5, 5.41) is 19.4. The van der Waals surface area contributed by atoms with Crippen LogP contribution in [0.4, 0.5) is 11.6 Å². The fourth-order valence-electron chi connectivity index (χ4n) is 2.53. The van der Waals surface area contributed by atoms with Gasteiger partial charge < -0.3 is 10.4 Å². The summed E-state index contributed by atoms with van der Waals surface area (Å²) in [6, 6.07) is 5.03. The standard InChI is InChI=1S/C16H17ClN6O3S2.3H2/c17-10-8-18-16(12-3-4-14(27-12)28(25,26)19-5-6-24)21-15(10)20-13-7-11(22-23-13)9-1-2-9;;;/h3-4,7-9,19,24H,1-2,5-6H2,(H2,18,20,21,22,23);3*1H. The normalized spacial score (nSPS) is 14.4. The van der Waals surface area contributed by atoms with Gasteiger partial charge in [-0.3, -0.25) is 5.10 Å². The van der Waals surface area contributed by atoms with Crippen LogP contribution in [-0.2, 0) is 10.0 Å². The van der Waals surface area contributed by atoms with Crippen LogP contribution in [0.25, 0.3) is 10.7 Å². The highest BCUT2D eigenvalue weighted by Gasteiger charge is 2.25. The number of halogens is 1.